The maximum atomic E-state index is 12.1. The highest BCUT2D eigenvalue weighted by Gasteiger charge is 2.06. The van der Waals surface area contributed by atoms with Gasteiger partial charge in [-0.1, -0.05) is 29.5 Å². The molecule has 0 saturated carbocycles. The molecule has 7 nitrogen and oxygen atoms in total. The van der Waals surface area contributed by atoms with Crippen molar-refractivity contribution in [3.8, 4) is 11.8 Å². The first-order valence-electron chi connectivity index (χ1n) is 8.73. The van der Waals surface area contributed by atoms with Gasteiger partial charge in [0.25, 0.3) is 5.91 Å². The lowest BCUT2D eigenvalue weighted by atomic mass is 10.1. The number of carbonyl (C=O) groups is 1. The normalized spacial score (nSPS) is 10.1. The number of carbonyl (C=O) groups excluding carboxylic acids is 1. The predicted molar refractivity (Wildman–Crippen MR) is 117 cm³/mol. The van der Waals surface area contributed by atoms with Crippen LogP contribution in [0.15, 0.2) is 53.7 Å². The molecule has 2 aromatic carbocycles. The molecule has 0 saturated heterocycles. The Balaban J connectivity index is 1.76. The van der Waals surface area contributed by atoms with Crippen molar-refractivity contribution < 1.29 is 4.79 Å². The number of guanidine groups is 1. The fourth-order valence-electron chi connectivity index (χ4n) is 2.63. The van der Waals surface area contributed by atoms with Crippen molar-refractivity contribution >= 4 is 40.1 Å². The summed E-state index contributed by atoms with van der Waals surface area (Å²) < 4.78 is 0. The zero-order valence-electron chi connectivity index (χ0n) is 15.4. The van der Waals surface area contributed by atoms with E-state index in [0.29, 0.717) is 35.1 Å². The van der Waals surface area contributed by atoms with Crippen molar-refractivity contribution in [1.29, 1.82) is 0 Å². The van der Waals surface area contributed by atoms with Crippen molar-refractivity contribution in [3.63, 3.8) is 0 Å². The number of amides is 1. The van der Waals surface area contributed by atoms with Crippen LogP contribution in [0.1, 0.15) is 21.5 Å². The highest BCUT2D eigenvalue weighted by Crippen LogP contribution is 2.24. The minimum absolute atomic E-state index is 0.00789. The minimum atomic E-state index is -0.215. The third-order valence-electron chi connectivity index (χ3n) is 4.05. The number of hydrogen-bond acceptors (Lipinski definition) is 4. The number of halogens is 1. The van der Waals surface area contributed by atoms with Crippen molar-refractivity contribution in [2.75, 3.05) is 18.8 Å². The molecular weight excluding hydrogens is 388 g/mol. The van der Waals surface area contributed by atoms with E-state index in [1.807, 2.05) is 12.1 Å². The van der Waals surface area contributed by atoms with Crippen molar-refractivity contribution in [2.45, 2.75) is 0 Å². The molecule has 0 aliphatic rings. The highest BCUT2D eigenvalue weighted by molar-refractivity contribution is 6.31. The van der Waals surface area contributed by atoms with Crippen molar-refractivity contribution in [3.05, 3.63) is 70.4 Å². The van der Waals surface area contributed by atoms with Gasteiger partial charge in [-0.15, -0.1) is 0 Å². The maximum absolute atomic E-state index is 12.1. The highest BCUT2D eigenvalue weighted by atomic mass is 35.5. The minimum Gasteiger partial charge on any atom is -0.383 e. The van der Waals surface area contributed by atoms with Crippen LogP contribution >= 0.6 is 11.6 Å². The molecule has 29 heavy (non-hydrogen) atoms. The van der Waals surface area contributed by atoms with Gasteiger partial charge >= 0.3 is 0 Å². The van der Waals surface area contributed by atoms with E-state index in [9.17, 15) is 4.79 Å². The summed E-state index contributed by atoms with van der Waals surface area (Å²) in [7, 11) is 0. The Morgan fingerprint density at radius 3 is 2.62 bits per heavy atom. The van der Waals surface area contributed by atoms with Crippen molar-refractivity contribution in [2.24, 2.45) is 16.5 Å². The first-order valence-corrected chi connectivity index (χ1v) is 9.11. The van der Waals surface area contributed by atoms with Crippen LogP contribution in [0.25, 0.3) is 10.8 Å². The molecular formula is C21H19ClN6O. The molecule has 7 N–H and O–H groups in total. The van der Waals surface area contributed by atoms with Crippen LogP contribution in [0, 0.1) is 11.8 Å². The SMILES string of the molecule is NC(N)=NCCNC(=O)c1ccc(C#Cc2c(N)ncc3ccc(Cl)cc23)cc1. The molecule has 8 heteroatoms. The number of nitrogens with zero attached hydrogens (tertiary/aromatic N) is 2. The molecule has 0 aliphatic carbocycles. The molecule has 3 aromatic rings. The zero-order valence-corrected chi connectivity index (χ0v) is 16.2. The van der Waals surface area contributed by atoms with Crippen LogP contribution in [0.3, 0.4) is 0 Å². The summed E-state index contributed by atoms with van der Waals surface area (Å²) in [5.74, 6) is 6.23. The van der Waals surface area contributed by atoms with E-state index in [1.54, 1.807) is 36.5 Å². The topological polar surface area (TPSA) is 132 Å². The molecule has 1 heterocycles. The van der Waals surface area contributed by atoms with E-state index in [-0.39, 0.29) is 11.9 Å². The number of hydrogen-bond donors (Lipinski definition) is 4. The van der Waals surface area contributed by atoms with E-state index >= 15 is 0 Å². The van der Waals surface area contributed by atoms with E-state index in [0.717, 1.165) is 16.3 Å². The van der Waals surface area contributed by atoms with E-state index in [4.69, 9.17) is 28.8 Å². The first-order chi connectivity index (χ1) is 13.9. The fraction of sp³-hybridized carbons (Fsp3) is 0.0952. The number of pyridine rings is 1. The number of rotatable bonds is 4. The molecule has 1 amide bonds. The zero-order chi connectivity index (χ0) is 20.8. The van der Waals surface area contributed by atoms with Crippen LogP contribution in [-0.4, -0.2) is 29.9 Å². The summed E-state index contributed by atoms with van der Waals surface area (Å²) in [6.45, 7) is 0.663. The molecule has 0 unspecified atom stereocenters. The summed E-state index contributed by atoms with van der Waals surface area (Å²) in [5.41, 5.74) is 18.4. The molecule has 0 spiro atoms. The Labute approximate surface area is 173 Å². The molecule has 146 valence electrons. The smallest absolute Gasteiger partial charge is 0.251 e. The lowest BCUT2D eigenvalue weighted by molar-refractivity contribution is 0.0955. The second-order valence-electron chi connectivity index (χ2n) is 6.14. The first kappa shape index (κ1) is 20.0. The van der Waals surface area contributed by atoms with Crippen LogP contribution in [0.5, 0.6) is 0 Å². The van der Waals surface area contributed by atoms with Gasteiger partial charge in [-0.05, 0) is 36.4 Å². The van der Waals surface area contributed by atoms with Crippen molar-refractivity contribution in [1.82, 2.24) is 10.3 Å². The number of nitrogen functional groups attached to an aromatic ring is 1. The lowest BCUT2D eigenvalue weighted by Crippen LogP contribution is -2.28. The summed E-state index contributed by atoms with van der Waals surface area (Å²) in [6.07, 6.45) is 1.69. The summed E-state index contributed by atoms with van der Waals surface area (Å²) in [4.78, 5) is 20.1. The summed E-state index contributed by atoms with van der Waals surface area (Å²) in [6, 6.07) is 12.4. The summed E-state index contributed by atoms with van der Waals surface area (Å²) >= 11 is 6.10. The Morgan fingerprint density at radius 2 is 1.90 bits per heavy atom. The Morgan fingerprint density at radius 1 is 1.14 bits per heavy atom. The molecule has 0 aliphatic heterocycles. The largest absolute Gasteiger partial charge is 0.383 e. The van der Waals surface area contributed by atoms with Crippen LogP contribution < -0.4 is 22.5 Å². The molecule has 0 fully saturated rings. The molecule has 1 aromatic heterocycles. The molecule has 0 atom stereocenters. The molecule has 0 bridgehead atoms. The van der Waals surface area contributed by atoms with E-state index in [2.05, 4.69) is 27.1 Å². The quantitative estimate of drug-likeness (QED) is 0.227. The van der Waals surface area contributed by atoms with Gasteiger partial charge in [0.05, 0.1) is 12.1 Å². The monoisotopic (exact) mass is 406 g/mol. The Hall–Kier alpha value is -3.76. The van der Waals surface area contributed by atoms with Crippen LogP contribution in [-0.2, 0) is 0 Å². The number of fused-ring (bicyclic) bond motifs is 1. The van der Waals surface area contributed by atoms with Gasteiger partial charge in [-0.3, -0.25) is 9.79 Å². The third-order valence-corrected chi connectivity index (χ3v) is 4.29. The van der Waals surface area contributed by atoms with Gasteiger partial charge in [0.1, 0.15) is 5.82 Å². The number of aliphatic imine (C=N–C) groups is 1. The second kappa shape index (κ2) is 8.95. The second-order valence-corrected chi connectivity index (χ2v) is 6.58. The number of nitrogens with one attached hydrogen (secondary N) is 1. The van der Waals surface area contributed by atoms with Gasteiger partial charge in [-0.2, -0.15) is 0 Å². The average Bonchev–Trinajstić information content (AvgIpc) is 2.70. The van der Waals surface area contributed by atoms with E-state index in [1.165, 1.54) is 0 Å². The number of anilines is 1. The average molecular weight is 407 g/mol. The molecule has 3 rings (SSSR count). The third kappa shape index (κ3) is 5.15. The maximum Gasteiger partial charge on any atom is 0.251 e. The Bertz CT molecular complexity index is 1140. The van der Waals surface area contributed by atoms with Gasteiger partial charge in [0.15, 0.2) is 5.96 Å². The van der Waals surface area contributed by atoms with Crippen LogP contribution in [0.2, 0.25) is 5.02 Å². The number of nitrogens with two attached hydrogens (primary N) is 3. The molecule has 0 radical (unpaired) electrons. The number of aromatic nitrogens is 1. The Kier molecular flexibility index (Phi) is 6.17. The standard InChI is InChI=1S/C21H19ClN6O/c22-16-7-6-15-12-28-19(23)17(18(15)11-16)8-3-13-1-4-14(5-2-13)20(29)26-9-10-27-21(24)25/h1-2,4-7,11-12H,9-10H2,(H2,23,28)(H,26,29)(H4,24,25,27). The fourth-order valence-corrected chi connectivity index (χ4v) is 2.80. The van der Waals surface area contributed by atoms with Gasteiger partial charge in [0.2, 0.25) is 0 Å². The number of benzene rings is 2. The lowest BCUT2D eigenvalue weighted by Gasteiger charge is -2.04. The summed E-state index contributed by atoms with van der Waals surface area (Å²) in [5, 5.41) is 5.08. The van der Waals surface area contributed by atoms with Gasteiger partial charge in [-0.25, -0.2) is 4.98 Å². The van der Waals surface area contributed by atoms with Gasteiger partial charge < -0.3 is 22.5 Å². The van der Waals surface area contributed by atoms with Gasteiger partial charge in [0, 0.05) is 39.7 Å². The van der Waals surface area contributed by atoms with Crippen LogP contribution in [0.4, 0.5) is 5.82 Å². The predicted octanol–water partition coefficient (Wildman–Crippen LogP) is 1.87. The van der Waals surface area contributed by atoms with E-state index < -0.39 is 0 Å².